The quantitative estimate of drug-likeness (QED) is 0.634. The Morgan fingerprint density at radius 2 is 2.25 bits per heavy atom. The van der Waals surface area contributed by atoms with E-state index in [0.717, 1.165) is 25.0 Å². The smallest absolute Gasteiger partial charge is 0.0621 e. The normalized spacial score (nSPS) is 9.25. The van der Waals surface area contributed by atoms with Crippen LogP contribution in [0.1, 0.15) is 25.0 Å². The summed E-state index contributed by atoms with van der Waals surface area (Å²) >= 11 is 0. The molecule has 1 heterocycles. The molecule has 2 nitrogen and oxygen atoms in total. The lowest BCUT2D eigenvalue weighted by Crippen LogP contribution is -1.88. The van der Waals surface area contributed by atoms with Crippen LogP contribution in [0.4, 0.5) is 0 Å². The van der Waals surface area contributed by atoms with Crippen LogP contribution < -0.4 is 0 Å². The summed E-state index contributed by atoms with van der Waals surface area (Å²) in [5.74, 6) is 0. The maximum absolute atomic E-state index is 8.30. The molecule has 0 saturated carbocycles. The molecule has 1 rings (SSSR count). The zero-order valence-corrected chi connectivity index (χ0v) is 7.03. The van der Waals surface area contributed by atoms with Gasteiger partial charge in [0.1, 0.15) is 0 Å². The Morgan fingerprint density at radius 1 is 1.33 bits per heavy atom. The molecule has 0 bridgehead atoms. The van der Waals surface area contributed by atoms with Crippen molar-refractivity contribution in [2.45, 2.75) is 25.7 Å². The first-order valence-electron chi connectivity index (χ1n) is 4.20. The van der Waals surface area contributed by atoms with Gasteiger partial charge < -0.3 is 0 Å². The van der Waals surface area contributed by atoms with Gasteiger partial charge in [0.05, 0.1) is 6.07 Å². The Labute approximate surface area is 72.9 Å². The Balaban J connectivity index is 2.21. The predicted molar refractivity (Wildman–Crippen MR) is 47.4 cm³/mol. The summed E-state index contributed by atoms with van der Waals surface area (Å²) in [6.45, 7) is 0. The van der Waals surface area contributed by atoms with Gasteiger partial charge in [-0.25, -0.2) is 0 Å². The molecule has 0 radical (unpaired) electrons. The molecule has 0 unspecified atom stereocenters. The Bertz CT molecular complexity index is 248. The molecule has 0 aromatic carbocycles. The first-order valence-corrected chi connectivity index (χ1v) is 4.20. The molecule has 0 aliphatic rings. The van der Waals surface area contributed by atoms with Crippen LogP contribution in [0.5, 0.6) is 0 Å². The molecule has 0 saturated heterocycles. The number of unbranched alkanes of at least 4 members (excludes halogenated alkanes) is 2. The van der Waals surface area contributed by atoms with Gasteiger partial charge >= 0.3 is 0 Å². The second-order valence-electron chi connectivity index (χ2n) is 2.69. The zero-order valence-electron chi connectivity index (χ0n) is 7.03. The molecule has 62 valence electrons. The molecule has 12 heavy (non-hydrogen) atoms. The van der Waals surface area contributed by atoms with Crippen LogP contribution in [-0.4, -0.2) is 4.98 Å². The van der Waals surface area contributed by atoms with Crippen molar-refractivity contribution in [2.75, 3.05) is 0 Å². The average Bonchev–Trinajstić information content (AvgIpc) is 2.14. The van der Waals surface area contributed by atoms with Gasteiger partial charge in [-0.3, -0.25) is 4.98 Å². The highest BCUT2D eigenvalue weighted by atomic mass is 14.7. The first kappa shape index (κ1) is 8.73. The molecule has 0 amide bonds. The highest BCUT2D eigenvalue weighted by Crippen LogP contribution is 2.02. The van der Waals surface area contributed by atoms with E-state index in [1.54, 1.807) is 6.20 Å². The average molecular weight is 160 g/mol. The van der Waals surface area contributed by atoms with E-state index in [9.17, 15) is 0 Å². The van der Waals surface area contributed by atoms with Gasteiger partial charge in [0.15, 0.2) is 0 Å². The van der Waals surface area contributed by atoms with E-state index in [1.807, 2.05) is 18.2 Å². The second-order valence-corrected chi connectivity index (χ2v) is 2.69. The SMILES string of the molecule is N#CCCCCc1ccccn1. The highest BCUT2D eigenvalue weighted by molar-refractivity contribution is 5.03. The Hall–Kier alpha value is -1.36. The third-order valence-corrected chi connectivity index (χ3v) is 1.70. The van der Waals surface area contributed by atoms with Gasteiger partial charge in [-0.1, -0.05) is 6.07 Å². The minimum Gasteiger partial charge on any atom is -0.261 e. The zero-order chi connectivity index (χ0) is 8.65. The van der Waals surface area contributed by atoms with Crippen LogP contribution >= 0.6 is 0 Å². The van der Waals surface area contributed by atoms with Gasteiger partial charge in [-0.2, -0.15) is 5.26 Å². The summed E-state index contributed by atoms with van der Waals surface area (Å²) in [7, 11) is 0. The number of nitriles is 1. The number of aromatic nitrogens is 1. The topological polar surface area (TPSA) is 36.7 Å². The predicted octanol–water partition coefficient (Wildman–Crippen LogP) is 2.32. The molecule has 1 aromatic heterocycles. The monoisotopic (exact) mass is 160 g/mol. The van der Waals surface area contributed by atoms with Crippen molar-refractivity contribution < 1.29 is 0 Å². The van der Waals surface area contributed by atoms with Crippen LogP contribution in [0.3, 0.4) is 0 Å². The van der Waals surface area contributed by atoms with Crippen LogP contribution in [0.25, 0.3) is 0 Å². The molecule has 0 aliphatic heterocycles. The van der Waals surface area contributed by atoms with Crippen molar-refractivity contribution >= 4 is 0 Å². The second kappa shape index (κ2) is 5.31. The molecule has 0 aliphatic carbocycles. The van der Waals surface area contributed by atoms with Gasteiger partial charge in [0.2, 0.25) is 0 Å². The van der Waals surface area contributed by atoms with E-state index >= 15 is 0 Å². The minimum absolute atomic E-state index is 0.660. The Kier molecular flexibility index (Phi) is 3.87. The number of rotatable bonds is 4. The fourth-order valence-electron chi connectivity index (χ4n) is 1.06. The first-order chi connectivity index (χ1) is 5.93. The summed E-state index contributed by atoms with van der Waals surface area (Å²) in [6, 6.07) is 8.06. The third-order valence-electron chi connectivity index (χ3n) is 1.70. The molecular formula is C10H12N2. The number of hydrogen-bond donors (Lipinski definition) is 0. The summed E-state index contributed by atoms with van der Waals surface area (Å²) in [5, 5.41) is 8.30. The molecular weight excluding hydrogens is 148 g/mol. The van der Waals surface area contributed by atoms with E-state index in [0.29, 0.717) is 6.42 Å². The van der Waals surface area contributed by atoms with E-state index in [-0.39, 0.29) is 0 Å². The largest absolute Gasteiger partial charge is 0.261 e. The minimum atomic E-state index is 0.660. The van der Waals surface area contributed by atoms with Crippen molar-refractivity contribution in [1.29, 1.82) is 5.26 Å². The third kappa shape index (κ3) is 3.16. The summed E-state index contributed by atoms with van der Waals surface area (Å²) in [4.78, 5) is 4.19. The Morgan fingerprint density at radius 3 is 2.92 bits per heavy atom. The van der Waals surface area contributed by atoms with Crippen LogP contribution in [0.2, 0.25) is 0 Å². The van der Waals surface area contributed by atoms with Gasteiger partial charge in [0, 0.05) is 18.3 Å². The summed E-state index contributed by atoms with van der Waals surface area (Å²) in [6.07, 6.45) is 5.49. The van der Waals surface area contributed by atoms with Crippen LogP contribution in [-0.2, 0) is 6.42 Å². The van der Waals surface area contributed by atoms with Crippen molar-refractivity contribution in [1.82, 2.24) is 4.98 Å². The van der Waals surface area contributed by atoms with Gasteiger partial charge in [-0.05, 0) is 31.4 Å². The van der Waals surface area contributed by atoms with Crippen molar-refractivity contribution in [2.24, 2.45) is 0 Å². The lowest BCUT2D eigenvalue weighted by Gasteiger charge is -1.96. The molecule has 0 atom stereocenters. The van der Waals surface area contributed by atoms with Gasteiger partial charge in [-0.15, -0.1) is 0 Å². The molecule has 2 heteroatoms. The number of pyridine rings is 1. The number of aryl methyl sites for hydroxylation is 1. The molecule has 1 aromatic rings. The number of nitrogens with zero attached hydrogens (tertiary/aromatic N) is 2. The van der Waals surface area contributed by atoms with Crippen LogP contribution in [0.15, 0.2) is 24.4 Å². The van der Waals surface area contributed by atoms with Crippen molar-refractivity contribution in [3.05, 3.63) is 30.1 Å². The highest BCUT2D eigenvalue weighted by Gasteiger charge is 1.92. The van der Waals surface area contributed by atoms with E-state index < -0.39 is 0 Å². The van der Waals surface area contributed by atoms with Gasteiger partial charge in [0.25, 0.3) is 0 Å². The number of hydrogen-bond acceptors (Lipinski definition) is 2. The van der Waals surface area contributed by atoms with Crippen LogP contribution in [0, 0.1) is 11.3 Å². The summed E-state index contributed by atoms with van der Waals surface area (Å²) in [5.41, 5.74) is 1.12. The molecule has 0 N–H and O–H groups in total. The maximum atomic E-state index is 8.30. The maximum Gasteiger partial charge on any atom is 0.0621 e. The fourth-order valence-corrected chi connectivity index (χ4v) is 1.06. The van der Waals surface area contributed by atoms with E-state index in [1.165, 1.54) is 0 Å². The molecule has 0 fully saturated rings. The lowest BCUT2D eigenvalue weighted by atomic mass is 10.1. The summed E-state index contributed by atoms with van der Waals surface area (Å²) < 4.78 is 0. The fraction of sp³-hybridized carbons (Fsp3) is 0.400. The lowest BCUT2D eigenvalue weighted by molar-refractivity contribution is 0.739. The standard InChI is InChI=1S/C10H12N2/c11-8-4-1-2-6-10-7-3-5-9-12-10/h3,5,7,9H,1-2,4,6H2. The molecule has 0 spiro atoms. The van der Waals surface area contributed by atoms with E-state index in [2.05, 4.69) is 11.1 Å². The van der Waals surface area contributed by atoms with Crippen molar-refractivity contribution in [3.8, 4) is 6.07 Å². The van der Waals surface area contributed by atoms with E-state index in [4.69, 9.17) is 5.26 Å². The van der Waals surface area contributed by atoms with Crippen molar-refractivity contribution in [3.63, 3.8) is 0 Å².